The SMILES string of the molecule is Cc1cc(C)cc(C(O)c2cccc(OC(C)C)c2)c1. The first kappa shape index (κ1) is 14.6. The number of ether oxygens (including phenoxy) is 1. The van der Waals surface area contributed by atoms with Crippen LogP contribution in [-0.4, -0.2) is 11.2 Å². The van der Waals surface area contributed by atoms with Crippen molar-refractivity contribution in [3.63, 3.8) is 0 Å². The highest BCUT2D eigenvalue weighted by molar-refractivity contribution is 5.38. The fourth-order valence-electron chi connectivity index (χ4n) is 2.39. The number of rotatable bonds is 4. The van der Waals surface area contributed by atoms with E-state index in [0.717, 1.165) is 28.0 Å². The highest BCUT2D eigenvalue weighted by Gasteiger charge is 2.12. The molecule has 0 aliphatic rings. The van der Waals surface area contributed by atoms with E-state index in [1.807, 2.05) is 64.1 Å². The van der Waals surface area contributed by atoms with E-state index in [1.54, 1.807) is 0 Å². The van der Waals surface area contributed by atoms with Crippen LogP contribution in [0.2, 0.25) is 0 Å². The monoisotopic (exact) mass is 270 g/mol. The predicted molar refractivity (Wildman–Crippen MR) is 82.2 cm³/mol. The molecule has 0 aliphatic heterocycles. The lowest BCUT2D eigenvalue weighted by Gasteiger charge is -2.15. The Hall–Kier alpha value is -1.80. The second-order valence-electron chi connectivity index (χ2n) is 5.56. The molecule has 0 spiro atoms. The molecule has 0 saturated carbocycles. The zero-order valence-corrected chi connectivity index (χ0v) is 12.6. The maximum Gasteiger partial charge on any atom is 0.120 e. The Morgan fingerprint density at radius 2 is 1.55 bits per heavy atom. The van der Waals surface area contributed by atoms with Gasteiger partial charge in [-0.1, -0.05) is 41.5 Å². The molecule has 0 amide bonds. The van der Waals surface area contributed by atoms with Crippen LogP contribution in [0.15, 0.2) is 42.5 Å². The topological polar surface area (TPSA) is 29.5 Å². The van der Waals surface area contributed by atoms with Crippen molar-refractivity contribution < 1.29 is 9.84 Å². The highest BCUT2D eigenvalue weighted by atomic mass is 16.5. The molecule has 106 valence electrons. The van der Waals surface area contributed by atoms with E-state index < -0.39 is 6.10 Å². The lowest BCUT2D eigenvalue weighted by atomic mass is 9.98. The zero-order valence-electron chi connectivity index (χ0n) is 12.6. The molecule has 0 aliphatic carbocycles. The molecule has 0 heterocycles. The normalized spacial score (nSPS) is 12.5. The van der Waals surface area contributed by atoms with Crippen molar-refractivity contribution in [3.8, 4) is 5.75 Å². The number of aryl methyl sites for hydroxylation is 2. The van der Waals surface area contributed by atoms with Crippen LogP contribution in [0.4, 0.5) is 0 Å². The minimum absolute atomic E-state index is 0.128. The largest absolute Gasteiger partial charge is 0.491 e. The van der Waals surface area contributed by atoms with Crippen LogP contribution in [0.25, 0.3) is 0 Å². The van der Waals surface area contributed by atoms with Crippen molar-refractivity contribution in [1.82, 2.24) is 0 Å². The lowest BCUT2D eigenvalue weighted by Crippen LogP contribution is -2.06. The predicted octanol–water partition coefficient (Wildman–Crippen LogP) is 4.17. The second kappa shape index (κ2) is 6.10. The van der Waals surface area contributed by atoms with Crippen molar-refractivity contribution in [1.29, 1.82) is 0 Å². The van der Waals surface area contributed by atoms with Gasteiger partial charge in [0.1, 0.15) is 11.9 Å². The third-order valence-electron chi connectivity index (χ3n) is 3.11. The van der Waals surface area contributed by atoms with Crippen LogP contribution in [-0.2, 0) is 0 Å². The Balaban J connectivity index is 2.30. The highest BCUT2D eigenvalue weighted by Crippen LogP contribution is 2.26. The first-order chi connectivity index (χ1) is 9.45. The third kappa shape index (κ3) is 3.61. The van der Waals surface area contributed by atoms with Crippen LogP contribution < -0.4 is 4.74 Å². The van der Waals surface area contributed by atoms with E-state index >= 15 is 0 Å². The summed E-state index contributed by atoms with van der Waals surface area (Å²) in [6, 6.07) is 13.8. The summed E-state index contributed by atoms with van der Waals surface area (Å²) in [7, 11) is 0. The van der Waals surface area contributed by atoms with Crippen LogP contribution in [0.3, 0.4) is 0 Å². The standard InChI is InChI=1S/C18H22O2/c1-12(2)20-17-7-5-6-15(11-17)18(19)16-9-13(3)8-14(4)10-16/h5-12,18-19H,1-4H3. The molecular formula is C18H22O2. The summed E-state index contributed by atoms with van der Waals surface area (Å²) in [5.74, 6) is 0.793. The van der Waals surface area contributed by atoms with Gasteiger partial charge in [0.15, 0.2) is 0 Å². The van der Waals surface area contributed by atoms with Crippen molar-refractivity contribution in [2.45, 2.75) is 39.9 Å². The molecule has 2 heteroatoms. The molecule has 2 nitrogen and oxygen atoms in total. The van der Waals surface area contributed by atoms with Crippen LogP contribution in [0, 0.1) is 13.8 Å². The summed E-state index contributed by atoms with van der Waals surface area (Å²) < 4.78 is 5.68. The van der Waals surface area contributed by atoms with Gasteiger partial charge in [-0.15, -0.1) is 0 Å². The van der Waals surface area contributed by atoms with E-state index in [4.69, 9.17) is 4.74 Å². The van der Waals surface area contributed by atoms with Gasteiger partial charge < -0.3 is 9.84 Å². The van der Waals surface area contributed by atoms with E-state index in [2.05, 4.69) is 6.07 Å². The van der Waals surface area contributed by atoms with Gasteiger partial charge in [-0.25, -0.2) is 0 Å². The van der Waals surface area contributed by atoms with Crippen molar-refractivity contribution in [2.24, 2.45) is 0 Å². The van der Waals surface area contributed by atoms with Gasteiger partial charge in [-0.2, -0.15) is 0 Å². The molecule has 2 aromatic rings. The number of hydrogen-bond donors (Lipinski definition) is 1. The summed E-state index contributed by atoms with van der Waals surface area (Å²) >= 11 is 0. The fraction of sp³-hybridized carbons (Fsp3) is 0.333. The van der Waals surface area contributed by atoms with Gasteiger partial charge in [0.25, 0.3) is 0 Å². The molecule has 0 fully saturated rings. The maximum atomic E-state index is 10.5. The second-order valence-corrected chi connectivity index (χ2v) is 5.56. The fourth-order valence-corrected chi connectivity index (χ4v) is 2.39. The molecule has 1 atom stereocenters. The van der Waals surface area contributed by atoms with Crippen LogP contribution in [0.1, 0.15) is 42.2 Å². The Morgan fingerprint density at radius 3 is 2.15 bits per heavy atom. The van der Waals surface area contributed by atoms with Gasteiger partial charge >= 0.3 is 0 Å². The molecule has 0 bridgehead atoms. The molecule has 0 aromatic heterocycles. The van der Waals surface area contributed by atoms with E-state index in [-0.39, 0.29) is 6.10 Å². The number of aliphatic hydroxyl groups excluding tert-OH is 1. The summed E-state index contributed by atoms with van der Waals surface area (Å²) in [5.41, 5.74) is 4.10. The first-order valence-electron chi connectivity index (χ1n) is 6.98. The summed E-state index contributed by atoms with van der Waals surface area (Å²) in [6.45, 7) is 8.07. The van der Waals surface area contributed by atoms with Crippen molar-refractivity contribution in [2.75, 3.05) is 0 Å². The van der Waals surface area contributed by atoms with E-state index in [9.17, 15) is 5.11 Å². The zero-order chi connectivity index (χ0) is 14.7. The van der Waals surface area contributed by atoms with Gasteiger partial charge in [0.2, 0.25) is 0 Å². The number of hydrogen-bond acceptors (Lipinski definition) is 2. The molecule has 1 unspecified atom stereocenters. The molecule has 2 aromatic carbocycles. The van der Waals surface area contributed by atoms with Crippen LogP contribution in [0.5, 0.6) is 5.75 Å². The van der Waals surface area contributed by atoms with E-state index in [1.165, 1.54) is 0 Å². The summed E-state index contributed by atoms with van der Waals surface area (Å²) in [6.07, 6.45) is -0.493. The van der Waals surface area contributed by atoms with Gasteiger partial charge in [-0.3, -0.25) is 0 Å². The molecular weight excluding hydrogens is 248 g/mol. The summed E-state index contributed by atoms with van der Waals surface area (Å²) in [4.78, 5) is 0. The Morgan fingerprint density at radius 1 is 0.900 bits per heavy atom. The molecule has 0 saturated heterocycles. The van der Waals surface area contributed by atoms with E-state index in [0.29, 0.717) is 0 Å². The number of aliphatic hydroxyl groups is 1. The van der Waals surface area contributed by atoms with Crippen LogP contribution >= 0.6 is 0 Å². The quantitative estimate of drug-likeness (QED) is 0.903. The van der Waals surface area contributed by atoms with Gasteiger partial charge in [0, 0.05) is 0 Å². The minimum atomic E-state index is -0.621. The minimum Gasteiger partial charge on any atom is -0.491 e. The molecule has 20 heavy (non-hydrogen) atoms. The average molecular weight is 270 g/mol. The Kier molecular flexibility index (Phi) is 4.46. The summed E-state index contributed by atoms with van der Waals surface area (Å²) in [5, 5.41) is 10.5. The lowest BCUT2D eigenvalue weighted by molar-refractivity contribution is 0.216. The molecule has 1 N–H and O–H groups in total. The number of benzene rings is 2. The third-order valence-corrected chi connectivity index (χ3v) is 3.11. The Bertz CT molecular complexity index is 567. The molecule has 2 rings (SSSR count). The first-order valence-corrected chi connectivity index (χ1v) is 6.98. The van der Waals surface area contributed by atoms with Crippen molar-refractivity contribution >= 4 is 0 Å². The maximum absolute atomic E-state index is 10.5. The smallest absolute Gasteiger partial charge is 0.120 e. The average Bonchev–Trinajstić information content (AvgIpc) is 2.36. The Labute approximate surface area is 121 Å². The van der Waals surface area contributed by atoms with Crippen molar-refractivity contribution in [3.05, 3.63) is 64.7 Å². The van der Waals surface area contributed by atoms with Gasteiger partial charge in [0.05, 0.1) is 6.10 Å². The molecule has 0 radical (unpaired) electrons. The van der Waals surface area contributed by atoms with Gasteiger partial charge in [-0.05, 0) is 51.0 Å².